The third-order valence-electron chi connectivity index (χ3n) is 0. The van der Waals surface area contributed by atoms with Crippen molar-refractivity contribution in [1.29, 1.82) is 0 Å². The van der Waals surface area contributed by atoms with Gasteiger partial charge in [0.15, 0.2) is 0 Å². The molecular weight excluding hydrogens is 68.0 g/mol. The minimum absolute atomic E-state index is 0. The van der Waals surface area contributed by atoms with E-state index in [4.69, 9.17) is 5.84 Å². The van der Waals surface area contributed by atoms with E-state index in [-0.39, 0.29) is 5.48 Å². The van der Waals surface area contributed by atoms with Crippen LogP contribution in [0.4, 0.5) is 0 Å². The van der Waals surface area contributed by atoms with Crippen molar-refractivity contribution < 1.29 is 5.48 Å². The Bertz CT molecular complexity index is 12.4. The molecule has 0 fully saturated rings. The number of hydrogen-bond acceptors (Lipinski definition) is 2. The Morgan fingerprint density at radius 3 is 1.40 bits per heavy atom. The molecule has 34 valence electrons. The van der Waals surface area contributed by atoms with Crippen LogP contribution in [0.5, 0.6) is 0 Å². The van der Waals surface area contributed by atoms with Crippen LogP contribution in [-0.4, -0.2) is 24.6 Å². The maximum atomic E-state index is 4.94. The molecule has 3 nitrogen and oxygen atoms in total. The molecule has 0 radical (unpaired) electrons. The average molecular weight is 78.1 g/mol. The Morgan fingerprint density at radius 2 is 1.40 bits per heavy atom. The van der Waals surface area contributed by atoms with Gasteiger partial charge in [-0.3, -0.25) is 10.9 Å². The van der Waals surface area contributed by atoms with Crippen LogP contribution in [0.15, 0.2) is 0 Å². The van der Waals surface area contributed by atoms with Crippen LogP contribution >= 0.6 is 0 Å². The molecule has 0 atom stereocenters. The highest BCUT2D eigenvalue weighted by atomic mass is 16.0. The van der Waals surface area contributed by atoms with Crippen molar-refractivity contribution in [3.8, 4) is 0 Å². The number of hydrogen-bond donors (Lipinski definition) is 1. The van der Waals surface area contributed by atoms with Gasteiger partial charge in [-0.1, -0.05) is 0 Å². The summed E-state index contributed by atoms with van der Waals surface area (Å²) < 4.78 is 0. The lowest BCUT2D eigenvalue weighted by atomic mass is 11.2. The van der Waals surface area contributed by atoms with E-state index in [0.29, 0.717) is 0 Å². The first-order valence-electron chi connectivity index (χ1n) is 1.15. The fourth-order valence-electron chi connectivity index (χ4n) is 0. The third-order valence-corrected chi connectivity index (χ3v) is 0. The third kappa shape index (κ3) is 952. The first-order chi connectivity index (χ1) is 1.73. The Hall–Kier alpha value is -0.120. The van der Waals surface area contributed by atoms with Crippen LogP contribution in [0.2, 0.25) is 0 Å². The molecular formula is C2H10N2O. The van der Waals surface area contributed by atoms with E-state index in [9.17, 15) is 0 Å². The summed E-state index contributed by atoms with van der Waals surface area (Å²) in [5.74, 6) is 4.94. The highest BCUT2D eigenvalue weighted by Crippen LogP contribution is 1.37. The van der Waals surface area contributed by atoms with Crippen molar-refractivity contribution >= 4 is 0 Å². The quantitative estimate of drug-likeness (QED) is 0.286. The first kappa shape index (κ1) is 8.86. The van der Waals surface area contributed by atoms with E-state index in [2.05, 4.69) is 0 Å². The number of nitrogens with zero attached hydrogens (tertiary/aromatic N) is 1. The van der Waals surface area contributed by atoms with Crippen LogP contribution in [-0.2, 0) is 0 Å². The summed E-state index contributed by atoms with van der Waals surface area (Å²) in [6.07, 6.45) is 0. The molecule has 0 heterocycles. The molecule has 0 aromatic heterocycles. The van der Waals surface area contributed by atoms with Gasteiger partial charge in [0.05, 0.1) is 0 Å². The smallest absolute Gasteiger partial charge is 0.00105 e. The van der Waals surface area contributed by atoms with Gasteiger partial charge >= 0.3 is 0 Å². The van der Waals surface area contributed by atoms with E-state index in [1.54, 1.807) is 14.1 Å². The van der Waals surface area contributed by atoms with E-state index in [0.717, 1.165) is 0 Å². The molecule has 3 heteroatoms. The zero-order valence-electron chi connectivity index (χ0n) is 3.52. The summed E-state index contributed by atoms with van der Waals surface area (Å²) in [6.45, 7) is 0. The lowest BCUT2D eigenvalue weighted by molar-refractivity contribution is 0.432. The topological polar surface area (TPSA) is 60.8 Å². The molecule has 0 rings (SSSR count). The molecule has 0 aromatic rings. The second-order valence-corrected chi connectivity index (χ2v) is 0.964. The molecule has 4 N–H and O–H groups in total. The van der Waals surface area contributed by atoms with E-state index < -0.39 is 0 Å². The van der Waals surface area contributed by atoms with Gasteiger partial charge in [-0.15, -0.1) is 0 Å². The van der Waals surface area contributed by atoms with Gasteiger partial charge in [0, 0.05) is 14.1 Å². The summed E-state index contributed by atoms with van der Waals surface area (Å²) >= 11 is 0. The van der Waals surface area contributed by atoms with Gasteiger partial charge in [0.1, 0.15) is 0 Å². The van der Waals surface area contributed by atoms with E-state index in [1.165, 1.54) is 5.01 Å². The molecule has 0 aromatic carbocycles. The van der Waals surface area contributed by atoms with Gasteiger partial charge in [-0.25, -0.2) is 0 Å². The number of rotatable bonds is 0. The van der Waals surface area contributed by atoms with Crippen LogP contribution in [0.1, 0.15) is 0 Å². The Morgan fingerprint density at radius 1 is 1.40 bits per heavy atom. The van der Waals surface area contributed by atoms with Gasteiger partial charge in [-0.2, -0.15) is 0 Å². The van der Waals surface area contributed by atoms with E-state index >= 15 is 0 Å². The molecule has 0 bridgehead atoms. The van der Waals surface area contributed by atoms with Gasteiger partial charge in [-0.05, 0) is 0 Å². The molecule has 0 aliphatic rings. The van der Waals surface area contributed by atoms with Gasteiger partial charge in [0.25, 0.3) is 0 Å². The van der Waals surface area contributed by atoms with Crippen molar-refractivity contribution in [2.45, 2.75) is 0 Å². The Balaban J connectivity index is 0. The maximum Gasteiger partial charge on any atom is 0.00105 e. The zero-order valence-corrected chi connectivity index (χ0v) is 3.52. The van der Waals surface area contributed by atoms with Crippen LogP contribution in [0, 0.1) is 0 Å². The molecule has 0 amide bonds. The molecule has 0 aliphatic heterocycles. The SMILES string of the molecule is CN(C)N.O. The van der Waals surface area contributed by atoms with E-state index in [1.807, 2.05) is 0 Å². The first-order valence-corrected chi connectivity index (χ1v) is 1.15. The summed E-state index contributed by atoms with van der Waals surface area (Å²) in [5.41, 5.74) is 0. The average Bonchev–Trinajstić information content (AvgIpc) is 0.811. The lowest BCUT2D eigenvalue weighted by Crippen LogP contribution is -2.18. The normalized spacial score (nSPS) is 7.20. The summed E-state index contributed by atoms with van der Waals surface area (Å²) in [6, 6.07) is 0. The zero-order chi connectivity index (χ0) is 3.58. The standard InChI is InChI=1S/C2H8N2.H2O/c1-4(2)3;/h3H2,1-2H3;1H2. The predicted molar refractivity (Wildman–Crippen MR) is 21.5 cm³/mol. The van der Waals surface area contributed by atoms with Gasteiger partial charge in [0.2, 0.25) is 0 Å². The molecule has 0 aliphatic carbocycles. The molecule has 0 unspecified atom stereocenters. The van der Waals surface area contributed by atoms with Crippen molar-refractivity contribution in [2.24, 2.45) is 5.84 Å². The summed E-state index contributed by atoms with van der Waals surface area (Å²) in [4.78, 5) is 0. The van der Waals surface area contributed by atoms with Crippen molar-refractivity contribution in [2.75, 3.05) is 14.1 Å². The second-order valence-electron chi connectivity index (χ2n) is 0.964. The highest BCUT2D eigenvalue weighted by Gasteiger charge is 1.57. The Labute approximate surface area is 31.7 Å². The molecule has 5 heavy (non-hydrogen) atoms. The largest absolute Gasteiger partial charge is 0.412 e. The van der Waals surface area contributed by atoms with Crippen molar-refractivity contribution in [3.05, 3.63) is 0 Å². The monoisotopic (exact) mass is 78.1 g/mol. The molecule has 0 saturated carbocycles. The van der Waals surface area contributed by atoms with Gasteiger partial charge < -0.3 is 5.48 Å². The van der Waals surface area contributed by atoms with Crippen LogP contribution < -0.4 is 5.84 Å². The Kier molecular flexibility index (Phi) is 6.87. The number of nitrogens with two attached hydrogens (primary N) is 1. The fourth-order valence-corrected chi connectivity index (χ4v) is 0. The fraction of sp³-hybridized carbons (Fsp3) is 1.00. The summed E-state index contributed by atoms with van der Waals surface area (Å²) in [7, 11) is 3.56. The minimum atomic E-state index is 0. The van der Waals surface area contributed by atoms with Crippen LogP contribution in [0.25, 0.3) is 0 Å². The second kappa shape index (κ2) is 3.88. The van der Waals surface area contributed by atoms with Crippen molar-refractivity contribution in [1.82, 2.24) is 5.01 Å². The molecule has 0 saturated heterocycles. The highest BCUT2D eigenvalue weighted by molar-refractivity contribution is 4.01. The maximum absolute atomic E-state index is 4.94. The molecule has 0 spiro atoms. The number of hydrazine groups is 1. The minimum Gasteiger partial charge on any atom is -0.412 e. The predicted octanol–water partition coefficient (Wildman–Crippen LogP) is -1.40. The lowest BCUT2D eigenvalue weighted by Gasteiger charge is -1.91. The summed E-state index contributed by atoms with van der Waals surface area (Å²) in [5, 5.41) is 1.50. The van der Waals surface area contributed by atoms with Crippen molar-refractivity contribution in [3.63, 3.8) is 0 Å². The van der Waals surface area contributed by atoms with Crippen LogP contribution in [0.3, 0.4) is 0 Å².